The van der Waals surface area contributed by atoms with Crippen LogP contribution in [-0.4, -0.2) is 29.9 Å². The number of ketones is 1. The average Bonchev–Trinajstić information content (AvgIpc) is 2.90. The van der Waals surface area contributed by atoms with Gasteiger partial charge in [-0.2, -0.15) is 0 Å². The van der Waals surface area contributed by atoms with Crippen molar-refractivity contribution in [3.8, 4) is 0 Å². The van der Waals surface area contributed by atoms with Crippen molar-refractivity contribution in [3.05, 3.63) is 102 Å². The van der Waals surface area contributed by atoms with Gasteiger partial charge >= 0.3 is 5.97 Å². The number of anilines is 1. The van der Waals surface area contributed by atoms with E-state index in [-0.39, 0.29) is 5.78 Å². The van der Waals surface area contributed by atoms with Gasteiger partial charge in [-0.25, -0.2) is 4.39 Å². The number of hydrogen-bond acceptors (Lipinski definition) is 4. The first-order chi connectivity index (χ1) is 17.3. The van der Waals surface area contributed by atoms with Crippen molar-refractivity contribution < 1.29 is 19.1 Å². The first kappa shape index (κ1) is 30.5. The van der Waals surface area contributed by atoms with E-state index in [4.69, 9.17) is 10.8 Å². The van der Waals surface area contributed by atoms with Gasteiger partial charge in [0.1, 0.15) is 5.82 Å². The Morgan fingerprint density at radius 1 is 0.917 bits per heavy atom. The van der Waals surface area contributed by atoms with Crippen LogP contribution in [0.3, 0.4) is 0 Å². The largest absolute Gasteiger partial charge is 0.481 e. The number of benzene rings is 3. The average molecular weight is 495 g/mol. The highest BCUT2D eigenvalue weighted by atomic mass is 19.1. The third-order valence-corrected chi connectivity index (χ3v) is 5.78. The highest BCUT2D eigenvalue weighted by Gasteiger charge is 2.13. The molecular weight excluding hydrogens is 455 g/mol. The number of nitrogens with two attached hydrogens (primary N) is 1. The molecule has 0 aliphatic rings. The molecule has 36 heavy (non-hydrogen) atoms. The van der Waals surface area contributed by atoms with Crippen LogP contribution in [0.25, 0.3) is 0 Å². The summed E-state index contributed by atoms with van der Waals surface area (Å²) < 4.78 is 12.6. The van der Waals surface area contributed by atoms with Crippen LogP contribution in [0.1, 0.15) is 61.9 Å². The van der Waals surface area contributed by atoms with Crippen molar-refractivity contribution >= 4 is 17.4 Å². The number of Topliss-reactive ketones (excluding diaryl/α,β-unsaturated/α-hetero) is 1. The molecule has 0 amide bonds. The molecular formula is C30H39FN2O3. The lowest BCUT2D eigenvalue weighted by molar-refractivity contribution is -0.138. The minimum absolute atomic E-state index is 0.176. The number of carbonyl (C=O) groups excluding carboxylic acids is 1. The fraction of sp³-hybridized carbons (Fsp3) is 0.333. The number of nitrogens with one attached hydrogen (secondary N) is 1. The normalized spacial score (nSPS) is 10.9. The minimum atomic E-state index is -0.944. The second-order valence-corrected chi connectivity index (χ2v) is 8.46. The van der Waals surface area contributed by atoms with E-state index in [1.807, 2.05) is 60.7 Å². The molecule has 6 heteroatoms. The number of aliphatic carboxylic acids is 1. The summed E-state index contributed by atoms with van der Waals surface area (Å²) in [6.07, 6.45) is 3.62. The second-order valence-electron chi connectivity index (χ2n) is 8.46. The summed E-state index contributed by atoms with van der Waals surface area (Å²) in [6, 6.07) is 24.6. The van der Waals surface area contributed by atoms with E-state index < -0.39 is 17.7 Å². The van der Waals surface area contributed by atoms with Gasteiger partial charge in [0.2, 0.25) is 0 Å². The topological polar surface area (TPSA) is 92.4 Å². The number of carbonyl (C=O) groups is 2. The van der Waals surface area contributed by atoms with E-state index in [9.17, 15) is 14.0 Å². The van der Waals surface area contributed by atoms with Crippen LogP contribution in [0.2, 0.25) is 0 Å². The van der Waals surface area contributed by atoms with Crippen molar-refractivity contribution in [3.63, 3.8) is 0 Å². The van der Waals surface area contributed by atoms with Crippen molar-refractivity contribution in [2.45, 2.75) is 46.0 Å². The fourth-order valence-corrected chi connectivity index (χ4v) is 3.30. The first-order valence-electron chi connectivity index (χ1n) is 12.4. The van der Waals surface area contributed by atoms with Crippen LogP contribution >= 0.6 is 0 Å². The van der Waals surface area contributed by atoms with Gasteiger partial charge in [0, 0.05) is 11.3 Å². The SMILES string of the molecule is CC(C(=O)O)c1cccc(F)c1.CCC(CC)CCNCC(=O)c1ccccc1.Nc1ccccc1. The molecule has 3 aromatic carbocycles. The molecule has 1 unspecified atom stereocenters. The zero-order chi connectivity index (χ0) is 26.8. The Kier molecular flexibility index (Phi) is 15.1. The van der Waals surface area contributed by atoms with Gasteiger partial charge in [0.15, 0.2) is 5.78 Å². The van der Waals surface area contributed by atoms with Gasteiger partial charge in [-0.3, -0.25) is 9.59 Å². The molecule has 0 heterocycles. The van der Waals surface area contributed by atoms with Crippen LogP contribution in [-0.2, 0) is 4.79 Å². The lowest BCUT2D eigenvalue weighted by atomic mass is 10.00. The first-order valence-corrected chi connectivity index (χ1v) is 12.4. The lowest BCUT2D eigenvalue weighted by Crippen LogP contribution is -2.25. The molecule has 0 saturated carbocycles. The summed E-state index contributed by atoms with van der Waals surface area (Å²) >= 11 is 0. The van der Waals surface area contributed by atoms with Gasteiger partial charge in [-0.05, 0) is 55.6 Å². The molecule has 0 saturated heterocycles. The Morgan fingerprint density at radius 3 is 1.97 bits per heavy atom. The summed E-state index contributed by atoms with van der Waals surface area (Å²) in [5, 5.41) is 11.8. The van der Waals surface area contributed by atoms with Crippen LogP contribution in [0.15, 0.2) is 84.9 Å². The summed E-state index contributed by atoms with van der Waals surface area (Å²) in [5.41, 5.74) is 7.46. The summed E-state index contributed by atoms with van der Waals surface area (Å²) in [5.74, 6) is -1.04. The molecule has 4 N–H and O–H groups in total. The second kappa shape index (κ2) is 17.9. The molecule has 0 spiro atoms. The molecule has 0 aromatic heterocycles. The molecule has 3 rings (SSSR count). The maximum atomic E-state index is 12.6. The number of rotatable bonds is 10. The monoisotopic (exact) mass is 494 g/mol. The quantitative estimate of drug-likeness (QED) is 0.168. The molecule has 0 aliphatic carbocycles. The molecule has 194 valence electrons. The van der Waals surface area contributed by atoms with Gasteiger partial charge in [-0.1, -0.05) is 87.4 Å². The fourth-order valence-electron chi connectivity index (χ4n) is 3.30. The predicted molar refractivity (Wildman–Crippen MR) is 146 cm³/mol. The molecule has 0 bridgehead atoms. The van der Waals surface area contributed by atoms with E-state index in [2.05, 4.69) is 19.2 Å². The Bertz CT molecular complexity index is 1010. The number of halogens is 1. The maximum Gasteiger partial charge on any atom is 0.310 e. The third kappa shape index (κ3) is 12.8. The van der Waals surface area contributed by atoms with E-state index in [1.54, 1.807) is 6.07 Å². The van der Waals surface area contributed by atoms with Crippen molar-refractivity contribution in [1.82, 2.24) is 5.32 Å². The third-order valence-electron chi connectivity index (χ3n) is 5.78. The van der Waals surface area contributed by atoms with Crippen LogP contribution in [0.4, 0.5) is 10.1 Å². The molecule has 3 aromatic rings. The predicted octanol–water partition coefficient (Wildman–Crippen LogP) is 6.57. The molecule has 0 aliphatic heterocycles. The smallest absolute Gasteiger partial charge is 0.310 e. The van der Waals surface area contributed by atoms with Crippen molar-refractivity contribution in [1.29, 1.82) is 0 Å². The van der Waals surface area contributed by atoms with E-state index in [0.717, 1.165) is 30.1 Å². The summed E-state index contributed by atoms with van der Waals surface area (Å²) in [4.78, 5) is 22.3. The van der Waals surface area contributed by atoms with Crippen LogP contribution in [0, 0.1) is 11.7 Å². The summed E-state index contributed by atoms with van der Waals surface area (Å²) in [7, 11) is 0. The van der Waals surface area contributed by atoms with Crippen molar-refractivity contribution in [2.75, 3.05) is 18.8 Å². The number of carboxylic acid groups (broad SMARTS) is 1. The number of carboxylic acids is 1. The Hall–Kier alpha value is -3.51. The van der Waals surface area contributed by atoms with Gasteiger partial charge in [-0.15, -0.1) is 0 Å². The van der Waals surface area contributed by atoms with Gasteiger partial charge in [0.05, 0.1) is 12.5 Å². The van der Waals surface area contributed by atoms with Gasteiger partial charge < -0.3 is 16.2 Å². The number of hydrogen-bond donors (Lipinski definition) is 3. The molecule has 0 radical (unpaired) electrons. The van der Waals surface area contributed by atoms with Gasteiger partial charge in [0.25, 0.3) is 0 Å². The molecule has 5 nitrogen and oxygen atoms in total. The number of nitrogen functional groups attached to an aromatic ring is 1. The zero-order valence-corrected chi connectivity index (χ0v) is 21.5. The molecule has 0 fully saturated rings. The standard InChI is InChI=1S/C15H23NO.C9H9FO2.C6H7N/c1-3-13(4-2)10-11-16-12-15(17)14-8-6-5-7-9-14;1-6(9(11)12)7-3-2-4-8(10)5-7;7-6-4-2-1-3-5-6/h5-9,13,16H,3-4,10-12H2,1-2H3;2-6H,1H3,(H,11,12);1-5H,7H2. The molecule has 1 atom stereocenters. The van der Waals surface area contributed by atoms with E-state index in [0.29, 0.717) is 12.1 Å². The highest BCUT2D eigenvalue weighted by Crippen LogP contribution is 2.15. The lowest BCUT2D eigenvalue weighted by Gasteiger charge is -2.12. The zero-order valence-electron chi connectivity index (χ0n) is 21.5. The Morgan fingerprint density at radius 2 is 1.50 bits per heavy atom. The Labute approximate surface area is 214 Å². The van der Waals surface area contributed by atoms with E-state index in [1.165, 1.54) is 38.0 Å². The van der Waals surface area contributed by atoms with Crippen molar-refractivity contribution in [2.24, 2.45) is 5.92 Å². The Balaban J connectivity index is 0.000000295. The van der Waals surface area contributed by atoms with E-state index >= 15 is 0 Å². The highest BCUT2D eigenvalue weighted by molar-refractivity contribution is 5.97. The van der Waals surface area contributed by atoms with Crippen LogP contribution < -0.4 is 11.1 Å². The maximum absolute atomic E-state index is 12.6. The number of para-hydroxylation sites is 1. The minimum Gasteiger partial charge on any atom is -0.481 e. The summed E-state index contributed by atoms with van der Waals surface area (Å²) in [6.45, 7) is 7.36. The van der Waals surface area contributed by atoms with Crippen LogP contribution in [0.5, 0.6) is 0 Å².